The van der Waals surface area contributed by atoms with E-state index in [0.29, 0.717) is 0 Å². The van der Waals surface area contributed by atoms with Gasteiger partial charge < -0.3 is 10.8 Å². The molecule has 0 aliphatic carbocycles. The number of hydrogen-bond donors (Lipinski definition) is 2. The Labute approximate surface area is 90.9 Å². The Morgan fingerprint density at radius 3 is 2.12 bits per heavy atom. The molecule has 0 spiro atoms. The van der Waals surface area contributed by atoms with Crippen LogP contribution in [-0.2, 0) is 12.6 Å². The number of alkyl halides is 3. The minimum absolute atomic E-state index is 0.130. The lowest BCUT2D eigenvalue weighted by Crippen LogP contribution is -2.49. The first-order chi connectivity index (χ1) is 7.15. The van der Waals surface area contributed by atoms with E-state index >= 15 is 0 Å². The first-order valence-corrected chi connectivity index (χ1v) is 4.65. The lowest BCUT2D eigenvalue weighted by Gasteiger charge is -2.29. The predicted octanol–water partition coefficient (Wildman–Crippen LogP) is 0.746. The van der Waals surface area contributed by atoms with Crippen molar-refractivity contribution in [2.75, 3.05) is 6.54 Å². The lowest BCUT2D eigenvalue weighted by atomic mass is 9.91. The van der Waals surface area contributed by atoms with E-state index < -0.39 is 18.3 Å². The van der Waals surface area contributed by atoms with E-state index in [0.717, 1.165) is 0 Å². The molecule has 0 radical (unpaired) electrons. The molecule has 92 valence electrons. The van der Waals surface area contributed by atoms with Crippen LogP contribution in [0.25, 0.3) is 0 Å². The Balaban J connectivity index is 3.45. The third-order valence-corrected chi connectivity index (χ3v) is 2.69. The summed E-state index contributed by atoms with van der Waals surface area (Å²) >= 11 is 0. The van der Waals surface area contributed by atoms with Crippen molar-refractivity contribution >= 4 is 0 Å². The molecular formula is C9H14F3N3O. The van der Waals surface area contributed by atoms with Gasteiger partial charge in [-0.25, -0.2) is 0 Å². The summed E-state index contributed by atoms with van der Waals surface area (Å²) in [6.07, 6.45) is -4.82. The number of aryl methyl sites for hydroxylation is 2. The molecule has 1 rings (SSSR count). The van der Waals surface area contributed by atoms with Gasteiger partial charge in [-0.2, -0.15) is 18.3 Å². The molecule has 0 fully saturated rings. The first kappa shape index (κ1) is 13.0. The second-order valence-electron chi connectivity index (χ2n) is 3.73. The highest BCUT2D eigenvalue weighted by Crippen LogP contribution is 2.40. The minimum Gasteiger partial charge on any atom is -0.375 e. The summed E-state index contributed by atoms with van der Waals surface area (Å²) in [4.78, 5) is 0. The summed E-state index contributed by atoms with van der Waals surface area (Å²) in [5, 5.41) is 13.5. The number of aliphatic hydroxyl groups is 1. The Bertz CT molecular complexity index is 399. The van der Waals surface area contributed by atoms with Gasteiger partial charge in [-0.1, -0.05) is 0 Å². The number of aromatic nitrogens is 2. The van der Waals surface area contributed by atoms with E-state index in [2.05, 4.69) is 5.10 Å². The third-order valence-electron chi connectivity index (χ3n) is 2.69. The largest absolute Gasteiger partial charge is 0.422 e. The maximum Gasteiger partial charge on any atom is 0.422 e. The molecular weight excluding hydrogens is 223 g/mol. The third kappa shape index (κ3) is 1.69. The zero-order valence-electron chi connectivity index (χ0n) is 9.26. The monoisotopic (exact) mass is 237 g/mol. The normalized spacial score (nSPS) is 16.2. The Kier molecular flexibility index (Phi) is 3.04. The van der Waals surface area contributed by atoms with Crippen LogP contribution in [0, 0.1) is 13.8 Å². The van der Waals surface area contributed by atoms with Crippen LogP contribution in [0.15, 0.2) is 0 Å². The zero-order chi connectivity index (χ0) is 12.7. The molecule has 0 saturated heterocycles. The Hall–Kier alpha value is -1.08. The average Bonchev–Trinajstić information content (AvgIpc) is 2.39. The number of halogens is 3. The number of hydrogen-bond acceptors (Lipinski definition) is 3. The van der Waals surface area contributed by atoms with Crippen LogP contribution in [0.1, 0.15) is 17.0 Å². The van der Waals surface area contributed by atoms with Crippen molar-refractivity contribution in [3.8, 4) is 0 Å². The molecule has 0 amide bonds. The van der Waals surface area contributed by atoms with Crippen molar-refractivity contribution in [1.82, 2.24) is 9.78 Å². The fraction of sp³-hybridized carbons (Fsp3) is 0.667. The van der Waals surface area contributed by atoms with Gasteiger partial charge in [0, 0.05) is 24.8 Å². The second-order valence-corrected chi connectivity index (χ2v) is 3.73. The SMILES string of the molecule is Cc1nn(C)c(C)c1C(O)(CN)C(F)(F)F. The van der Waals surface area contributed by atoms with Gasteiger partial charge >= 0.3 is 6.18 Å². The molecule has 0 bridgehead atoms. The molecule has 0 saturated carbocycles. The quantitative estimate of drug-likeness (QED) is 0.797. The fourth-order valence-electron chi connectivity index (χ4n) is 1.73. The molecule has 1 aromatic heterocycles. The molecule has 4 nitrogen and oxygen atoms in total. The van der Waals surface area contributed by atoms with E-state index in [1.807, 2.05) is 0 Å². The summed E-state index contributed by atoms with van der Waals surface area (Å²) in [5.74, 6) is 0. The Morgan fingerprint density at radius 1 is 1.38 bits per heavy atom. The zero-order valence-corrected chi connectivity index (χ0v) is 9.26. The predicted molar refractivity (Wildman–Crippen MR) is 51.7 cm³/mol. The van der Waals surface area contributed by atoms with E-state index in [4.69, 9.17) is 5.73 Å². The first-order valence-electron chi connectivity index (χ1n) is 4.65. The van der Waals surface area contributed by atoms with Crippen molar-refractivity contribution in [1.29, 1.82) is 0 Å². The summed E-state index contributed by atoms with van der Waals surface area (Å²) < 4.78 is 39.7. The highest BCUT2D eigenvalue weighted by molar-refractivity contribution is 5.33. The standard InChI is InChI=1S/C9H14F3N3O/c1-5-7(6(2)15(3)14-5)8(16,4-13)9(10,11)12/h16H,4,13H2,1-3H3. The van der Waals surface area contributed by atoms with Crippen LogP contribution in [0.5, 0.6) is 0 Å². The number of rotatable bonds is 2. The molecule has 0 aromatic carbocycles. The van der Waals surface area contributed by atoms with Crippen LogP contribution in [0.2, 0.25) is 0 Å². The Morgan fingerprint density at radius 2 is 1.88 bits per heavy atom. The van der Waals surface area contributed by atoms with Gasteiger partial charge in [-0.15, -0.1) is 0 Å². The topological polar surface area (TPSA) is 64.1 Å². The molecule has 1 atom stereocenters. The van der Waals surface area contributed by atoms with E-state index in [9.17, 15) is 18.3 Å². The molecule has 7 heteroatoms. The molecule has 1 unspecified atom stereocenters. The van der Waals surface area contributed by atoms with E-state index in [1.165, 1.54) is 25.6 Å². The molecule has 1 heterocycles. The smallest absolute Gasteiger partial charge is 0.375 e. The van der Waals surface area contributed by atoms with E-state index in [1.54, 1.807) is 0 Å². The number of nitrogens with zero attached hydrogens (tertiary/aromatic N) is 2. The van der Waals surface area contributed by atoms with Crippen molar-refractivity contribution in [2.45, 2.75) is 25.6 Å². The summed E-state index contributed by atoms with van der Waals surface area (Å²) in [7, 11) is 1.51. The molecule has 1 aromatic rings. The molecule has 16 heavy (non-hydrogen) atoms. The van der Waals surface area contributed by atoms with Crippen molar-refractivity contribution in [2.24, 2.45) is 12.8 Å². The van der Waals surface area contributed by atoms with Crippen LogP contribution in [0.4, 0.5) is 13.2 Å². The molecule has 0 aliphatic heterocycles. The van der Waals surface area contributed by atoms with Crippen LogP contribution >= 0.6 is 0 Å². The fourth-order valence-corrected chi connectivity index (χ4v) is 1.73. The molecule has 3 N–H and O–H groups in total. The summed E-state index contributed by atoms with van der Waals surface area (Å²) in [6.45, 7) is 1.94. The van der Waals surface area contributed by atoms with Crippen LogP contribution in [0.3, 0.4) is 0 Å². The van der Waals surface area contributed by atoms with Gasteiger partial charge in [0.25, 0.3) is 0 Å². The van der Waals surface area contributed by atoms with Gasteiger partial charge in [-0.05, 0) is 13.8 Å². The van der Waals surface area contributed by atoms with Crippen LogP contribution < -0.4 is 5.73 Å². The van der Waals surface area contributed by atoms with Gasteiger partial charge in [0.2, 0.25) is 5.60 Å². The van der Waals surface area contributed by atoms with Crippen molar-refractivity contribution in [3.05, 3.63) is 17.0 Å². The maximum atomic E-state index is 12.8. The lowest BCUT2D eigenvalue weighted by molar-refractivity contribution is -0.262. The average molecular weight is 237 g/mol. The number of nitrogens with two attached hydrogens (primary N) is 1. The van der Waals surface area contributed by atoms with Crippen molar-refractivity contribution in [3.63, 3.8) is 0 Å². The van der Waals surface area contributed by atoms with Gasteiger partial charge in [0.1, 0.15) is 0 Å². The highest BCUT2D eigenvalue weighted by Gasteiger charge is 2.56. The van der Waals surface area contributed by atoms with Gasteiger partial charge in [-0.3, -0.25) is 4.68 Å². The summed E-state index contributed by atoms with van der Waals surface area (Å²) in [5.41, 5.74) is 2.16. The second kappa shape index (κ2) is 3.74. The molecule has 0 aliphatic rings. The highest BCUT2D eigenvalue weighted by atomic mass is 19.4. The van der Waals surface area contributed by atoms with Crippen molar-refractivity contribution < 1.29 is 18.3 Å². The maximum absolute atomic E-state index is 12.8. The summed E-state index contributed by atoms with van der Waals surface area (Å²) in [6, 6.07) is 0. The van der Waals surface area contributed by atoms with Crippen LogP contribution in [-0.4, -0.2) is 27.6 Å². The van der Waals surface area contributed by atoms with E-state index in [-0.39, 0.29) is 17.0 Å². The van der Waals surface area contributed by atoms with Gasteiger partial charge in [0.15, 0.2) is 0 Å². The van der Waals surface area contributed by atoms with Gasteiger partial charge in [0.05, 0.1) is 5.69 Å². The minimum atomic E-state index is -4.82.